The Morgan fingerprint density at radius 1 is 1.05 bits per heavy atom. The molecule has 0 amide bonds. The summed E-state index contributed by atoms with van der Waals surface area (Å²) in [7, 11) is 0. The third kappa shape index (κ3) is 2.08. The van der Waals surface area contributed by atoms with E-state index < -0.39 is 0 Å². The molecule has 0 spiro atoms. The van der Waals surface area contributed by atoms with Gasteiger partial charge in [-0.15, -0.1) is 11.3 Å². The van der Waals surface area contributed by atoms with Gasteiger partial charge in [0.05, 0.1) is 20.9 Å². The number of aromatic nitrogens is 2. The van der Waals surface area contributed by atoms with Gasteiger partial charge in [0.15, 0.2) is 0 Å². The number of hydrogen-bond acceptors (Lipinski definition) is 3. The van der Waals surface area contributed by atoms with Gasteiger partial charge in [-0.05, 0) is 41.8 Å². The zero-order valence-corrected chi connectivity index (χ0v) is 13.0. The molecule has 2 aromatic carbocycles. The highest BCUT2D eigenvalue weighted by Crippen LogP contribution is 2.37. The molecule has 0 saturated carbocycles. The molecule has 1 N–H and O–H groups in total. The first kappa shape index (κ1) is 13.4. The SMILES string of the molecule is Oc1ccc(-n2cnc3c(-c4sccc4Cl)cccc32)cc1. The second kappa shape index (κ2) is 5.16. The van der Waals surface area contributed by atoms with Crippen molar-refractivity contribution < 1.29 is 5.11 Å². The van der Waals surface area contributed by atoms with Gasteiger partial charge in [-0.3, -0.25) is 4.57 Å². The Kier molecular flexibility index (Phi) is 3.13. The average Bonchev–Trinajstić information content (AvgIpc) is 3.14. The number of halogens is 1. The number of thiophene rings is 1. The van der Waals surface area contributed by atoms with E-state index in [-0.39, 0.29) is 5.75 Å². The van der Waals surface area contributed by atoms with Gasteiger partial charge in [0.25, 0.3) is 0 Å². The molecule has 2 aromatic heterocycles. The lowest BCUT2D eigenvalue weighted by molar-refractivity contribution is 0.475. The van der Waals surface area contributed by atoms with Crippen molar-refractivity contribution in [2.45, 2.75) is 0 Å². The van der Waals surface area contributed by atoms with Gasteiger partial charge in [0.1, 0.15) is 12.1 Å². The van der Waals surface area contributed by atoms with Gasteiger partial charge < -0.3 is 5.11 Å². The number of phenolic OH excluding ortho intramolecular Hbond substituents is 1. The number of fused-ring (bicyclic) bond motifs is 1. The highest BCUT2D eigenvalue weighted by molar-refractivity contribution is 7.14. The Balaban J connectivity index is 1.94. The Morgan fingerprint density at radius 2 is 1.86 bits per heavy atom. The molecule has 4 rings (SSSR count). The normalized spacial score (nSPS) is 11.1. The molecule has 0 atom stereocenters. The van der Waals surface area contributed by atoms with Crippen molar-refractivity contribution in [2.75, 3.05) is 0 Å². The summed E-state index contributed by atoms with van der Waals surface area (Å²) in [4.78, 5) is 5.59. The summed E-state index contributed by atoms with van der Waals surface area (Å²) in [6.45, 7) is 0. The lowest BCUT2D eigenvalue weighted by atomic mass is 10.1. The molecule has 3 nitrogen and oxygen atoms in total. The first-order chi connectivity index (χ1) is 10.7. The molecule has 22 heavy (non-hydrogen) atoms. The van der Waals surface area contributed by atoms with Crippen molar-refractivity contribution in [3.63, 3.8) is 0 Å². The van der Waals surface area contributed by atoms with Crippen molar-refractivity contribution in [3.8, 4) is 21.9 Å². The standard InChI is InChI=1S/C17H11ClN2OS/c18-14-8-9-22-17(14)13-2-1-3-15-16(13)19-10-20(15)11-4-6-12(21)7-5-11/h1-10,21H. The molecule has 4 aromatic rings. The quantitative estimate of drug-likeness (QED) is 0.555. The largest absolute Gasteiger partial charge is 0.508 e. The molecule has 5 heteroatoms. The van der Waals surface area contributed by atoms with Crippen LogP contribution in [0, 0.1) is 0 Å². The van der Waals surface area contributed by atoms with Crippen LogP contribution in [0.3, 0.4) is 0 Å². The summed E-state index contributed by atoms with van der Waals surface area (Å²) in [5.74, 6) is 0.249. The molecule has 0 bridgehead atoms. The van der Waals surface area contributed by atoms with Crippen LogP contribution >= 0.6 is 22.9 Å². The molecule has 0 aliphatic rings. The first-order valence-corrected chi connectivity index (χ1v) is 7.98. The molecule has 0 fully saturated rings. The van der Waals surface area contributed by atoms with Gasteiger partial charge in [0, 0.05) is 11.3 Å². The number of phenols is 1. The number of nitrogens with zero attached hydrogens (tertiary/aromatic N) is 2. The van der Waals surface area contributed by atoms with Crippen molar-refractivity contribution >= 4 is 34.0 Å². The molecule has 2 heterocycles. The van der Waals surface area contributed by atoms with E-state index in [1.165, 1.54) is 0 Å². The minimum atomic E-state index is 0.249. The zero-order valence-electron chi connectivity index (χ0n) is 11.4. The summed E-state index contributed by atoms with van der Waals surface area (Å²) in [5, 5.41) is 12.2. The van der Waals surface area contributed by atoms with Gasteiger partial charge in [-0.25, -0.2) is 4.98 Å². The van der Waals surface area contributed by atoms with Gasteiger partial charge >= 0.3 is 0 Å². The number of para-hydroxylation sites is 1. The number of imidazole rings is 1. The minimum Gasteiger partial charge on any atom is -0.508 e. The summed E-state index contributed by atoms with van der Waals surface area (Å²) in [6, 6.07) is 15.0. The maximum absolute atomic E-state index is 9.43. The van der Waals surface area contributed by atoms with E-state index in [4.69, 9.17) is 11.6 Å². The highest BCUT2D eigenvalue weighted by Gasteiger charge is 2.13. The Morgan fingerprint density at radius 3 is 2.59 bits per heavy atom. The first-order valence-electron chi connectivity index (χ1n) is 6.73. The van der Waals surface area contributed by atoms with Gasteiger partial charge in [-0.2, -0.15) is 0 Å². The summed E-state index contributed by atoms with van der Waals surface area (Å²) in [6.07, 6.45) is 1.79. The molecular weight excluding hydrogens is 316 g/mol. The molecule has 0 aliphatic heterocycles. The third-order valence-corrected chi connectivity index (χ3v) is 4.94. The average molecular weight is 327 g/mol. The smallest absolute Gasteiger partial charge is 0.115 e. The fourth-order valence-electron chi connectivity index (χ4n) is 2.53. The van der Waals surface area contributed by atoms with E-state index in [0.717, 1.165) is 32.2 Å². The Labute approximate surface area is 136 Å². The Bertz CT molecular complexity index is 956. The van der Waals surface area contributed by atoms with E-state index >= 15 is 0 Å². The van der Waals surface area contributed by atoms with Crippen molar-refractivity contribution in [2.24, 2.45) is 0 Å². The van der Waals surface area contributed by atoms with Crippen LogP contribution < -0.4 is 0 Å². The number of aromatic hydroxyl groups is 1. The van der Waals surface area contributed by atoms with E-state index in [1.54, 1.807) is 29.8 Å². The molecule has 0 radical (unpaired) electrons. The van der Waals surface area contributed by atoms with E-state index in [2.05, 4.69) is 4.98 Å². The Hall–Kier alpha value is -2.30. The minimum absolute atomic E-state index is 0.249. The van der Waals surface area contributed by atoms with E-state index in [0.29, 0.717) is 0 Å². The predicted octanol–water partition coefficient (Wildman–Crippen LogP) is 5.11. The monoisotopic (exact) mass is 326 g/mol. The van der Waals surface area contributed by atoms with Crippen molar-refractivity contribution in [1.82, 2.24) is 9.55 Å². The predicted molar refractivity (Wildman–Crippen MR) is 91.1 cm³/mol. The van der Waals surface area contributed by atoms with Gasteiger partial charge in [0.2, 0.25) is 0 Å². The topological polar surface area (TPSA) is 38.0 Å². The summed E-state index contributed by atoms with van der Waals surface area (Å²) >= 11 is 7.87. The van der Waals surface area contributed by atoms with Crippen LogP contribution in [0.4, 0.5) is 0 Å². The van der Waals surface area contributed by atoms with Crippen LogP contribution in [-0.2, 0) is 0 Å². The van der Waals surface area contributed by atoms with E-state index in [9.17, 15) is 5.11 Å². The fraction of sp³-hybridized carbons (Fsp3) is 0. The van der Waals surface area contributed by atoms with Crippen LogP contribution in [0.2, 0.25) is 5.02 Å². The molecule has 0 aliphatic carbocycles. The van der Waals surface area contributed by atoms with Crippen LogP contribution in [0.1, 0.15) is 0 Å². The van der Waals surface area contributed by atoms with Crippen LogP contribution in [0.15, 0.2) is 60.2 Å². The number of rotatable bonds is 2. The molecule has 0 saturated heterocycles. The lowest BCUT2D eigenvalue weighted by Gasteiger charge is -2.05. The molecule has 108 valence electrons. The fourth-order valence-corrected chi connectivity index (χ4v) is 3.71. The molecular formula is C17H11ClN2OS. The highest BCUT2D eigenvalue weighted by atomic mass is 35.5. The second-order valence-corrected chi connectivity index (χ2v) is 6.23. The van der Waals surface area contributed by atoms with Gasteiger partial charge in [-0.1, -0.05) is 23.7 Å². The van der Waals surface area contributed by atoms with E-state index in [1.807, 2.05) is 46.3 Å². The number of hydrogen-bond donors (Lipinski definition) is 1. The summed E-state index contributed by atoms with van der Waals surface area (Å²) < 4.78 is 2.00. The van der Waals surface area contributed by atoms with Crippen molar-refractivity contribution in [1.29, 1.82) is 0 Å². The lowest BCUT2D eigenvalue weighted by Crippen LogP contribution is -1.91. The second-order valence-electron chi connectivity index (χ2n) is 4.90. The van der Waals surface area contributed by atoms with Crippen LogP contribution in [-0.4, -0.2) is 14.7 Å². The summed E-state index contributed by atoms with van der Waals surface area (Å²) in [5.41, 5.74) is 3.91. The maximum atomic E-state index is 9.43. The maximum Gasteiger partial charge on any atom is 0.115 e. The third-order valence-electron chi connectivity index (χ3n) is 3.57. The van der Waals surface area contributed by atoms with Crippen LogP contribution in [0.5, 0.6) is 5.75 Å². The number of benzene rings is 2. The van der Waals surface area contributed by atoms with Crippen molar-refractivity contribution in [3.05, 3.63) is 65.3 Å². The molecule has 0 unspecified atom stereocenters. The zero-order chi connectivity index (χ0) is 15.1. The van der Waals surface area contributed by atoms with Crippen LogP contribution in [0.25, 0.3) is 27.2 Å².